The number of aliphatic carboxylic acids is 6. The maximum atomic E-state index is 12.4. The monoisotopic (exact) mass is 502 g/mol. The molecule has 31 heavy (non-hydrogen) atoms. The van der Waals surface area contributed by atoms with Gasteiger partial charge in [0.05, 0.1) is 0 Å². The van der Waals surface area contributed by atoms with E-state index >= 15 is 0 Å². The summed E-state index contributed by atoms with van der Waals surface area (Å²) in [6.45, 7) is 0. The van der Waals surface area contributed by atoms with Crippen molar-refractivity contribution in [1.82, 2.24) is 0 Å². The van der Waals surface area contributed by atoms with E-state index in [4.69, 9.17) is 0 Å². The van der Waals surface area contributed by atoms with E-state index in [2.05, 4.69) is 15.9 Å². The van der Waals surface area contributed by atoms with Crippen molar-refractivity contribution in [3.05, 3.63) is 34.3 Å². The first-order valence-corrected chi connectivity index (χ1v) is 9.21. The predicted molar refractivity (Wildman–Crippen MR) is 99.2 cm³/mol. The van der Waals surface area contributed by atoms with Gasteiger partial charge in [0.2, 0.25) is 5.41 Å². The topological polar surface area (TPSA) is 224 Å². The quantitative estimate of drug-likeness (QED) is 0.284. The number of carboxylic acids is 6. The maximum Gasteiger partial charge on any atom is 0.324 e. The van der Waals surface area contributed by atoms with Crippen LogP contribution in [0.2, 0.25) is 0 Å². The fourth-order valence-corrected chi connectivity index (χ4v) is 4.87. The second-order valence-corrected chi connectivity index (χ2v) is 7.85. The number of carboxylic acid groups (broad SMARTS) is 6. The minimum absolute atomic E-state index is 0.121. The molecule has 166 valence electrons. The van der Waals surface area contributed by atoms with Crippen molar-refractivity contribution >= 4 is 51.7 Å². The average Bonchev–Trinajstić information content (AvgIpc) is 2.65. The van der Waals surface area contributed by atoms with Crippen molar-refractivity contribution in [2.45, 2.75) is 18.8 Å². The summed E-state index contributed by atoms with van der Waals surface area (Å²) >= 11 is 3.10. The van der Waals surface area contributed by atoms with Crippen molar-refractivity contribution < 1.29 is 59.4 Å². The Labute approximate surface area is 180 Å². The smallest absolute Gasteiger partial charge is 0.324 e. The van der Waals surface area contributed by atoms with Crippen LogP contribution >= 0.6 is 15.9 Å². The lowest BCUT2D eigenvalue weighted by atomic mass is 9.40. The molecule has 0 aromatic heterocycles. The van der Waals surface area contributed by atoms with Crippen LogP contribution in [0.3, 0.4) is 0 Å². The molecule has 1 atom stereocenters. The zero-order chi connectivity index (χ0) is 23.9. The summed E-state index contributed by atoms with van der Waals surface area (Å²) in [6.07, 6.45) is -1.90. The van der Waals surface area contributed by atoms with E-state index in [9.17, 15) is 59.4 Å². The van der Waals surface area contributed by atoms with Crippen LogP contribution in [0.25, 0.3) is 0 Å². The van der Waals surface area contributed by atoms with Gasteiger partial charge in [-0.1, -0.05) is 28.1 Å². The van der Waals surface area contributed by atoms with Gasteiger partial charge in [-0.15, -0.1) is 0 Å². The zero-order valence-electron chi connectivity index (χ0n) is 15.3. The molecule has 1 unspecified atom stereocenters. The van der Waals surface area contributed by atoms with Crippen molar-refractivity contribution in [2.24, 2.45) is 16.2 Å². The van der Waals surface area contributed by atoms with Gasteiger partial charge in [0.25, 0.3) is 0 Å². The van der Waals surface area contributed by atoms with Gasteiger partial charge < -0.3 is 30.6 Å². The molecule has 1 aliphatic carbocycles. The molecule has 13 heteroatoms. The fourth-order valence-electron chi connectivity index (χ4n) is 4.60. The van der Waals surface area contributed by atoms with E-state index in [1.54, 1.807) is 0 Å². The summed E-state index contributed by atoms with van der Waals surface area (Å²) < 4.78 is 0.469. The van der Waals surface area contributed by atoms with E-state index in [-0.39, 0.29) is 5.56 Å². The molecule has 0 spiro atoms. The molecule has 12 nitrogen and oxygen atoms in total. The summed E-state index contributed by atoms with van der Waals surface area (Å²) in [6, 6.07) is 5.11. The van der Waals surface area contributed by atoms with Crippen LogP contribution in [0.1, 0.15) is 24.3 Å². The Morgan fingerprint density at radius 2 is 1.13 bits per heavy atom. The molecule has 1 aliphatic rings. The van der Waals surface area contributed by atoms with Gasteiger partial charge in [-0.3, -0.25) is 28.8 Å². The molecule has 6 N–H and O–H groups in total. The molecule has 1 saturated carbocycles. The number of hydrogen-bond donors (Lipinski definition) is 6. The molecule has 0 bridgehead atoms. The second-order valence-electron chi connectivity index (χ2n) is 6.94. The normalized spacial score (nSPS) is 20.9. The summed E-state index contributed by atoms with van der Waals surface area (Å²) in [5, 5.41) is 59.1. The Morgan fingerprint density at radius 1 is 0.710 bits per heavy atom. The molecule has 1 fully saturated rings. The minimum atomic E-state index is -4.31. The highest BCUT2D eigenvalue weighted by Gasteiger charge is 2.87. The van der Waals surface area contributed by atoms with Crippen LogP contribution in [0.15, 0.2) is 28.7 Å². The lowest BCUT2D eigenvalue weighted by Gasteiger charge is -2.53. The SMILES string of the molecule is O=C(O)C1(C(=O)O)CCC(c2ccc(Br)cc2)C(C(=O)O)(C(=O)O)C1(C(=O)O)C(=O)O. The molecule has 0 heterocycles. The predicted octanol–water partition coefficient (Wildman–Crippen LogP) is 0.793. The van der Waals surface area contributed by atoms with E-state index in [0.29, 0.717) is 4.47 Å². The lowest BCUT2D eigenvalue weighted by molar-refractivity contribution is -0.227. The first-order valence-electron chi connectivity index (χ1n) is 8.42. The first kappa shape index (κ1) is 23.8. The highest BCUT2D eigenvalue weighted by molar-refractivity contribution is 9.10. The second kappa shape index (κ2) is 7.65. The largest absolute Gasteiger partial charge is 0.480 e. The van der Waals surface area contributed by atoms with E-state index in [1.165, 1.54) is 24.3 Å². The third-order valence-electron chi connectivity index (χ3n) is 5.88. The summed E-state index contributed by atoms with van der Waals surface area (Å²) in [5.41, 5.74) is -12.1. The van der Waals surface area contributed by atoms with Crippen molar-refractivity contribution in [3.8, 4) is 0 Å². The van der Waals surface area contributed by atoms with E-state index in [0.717, 1.165) is 0 Å². The van der Waals surface area contributed by atoms with Crippen LogP contribution in [0.5, 0.6) is 0 Å². The third-order valence-corrected chi connectivity index (χ3v) is 6.41. The Hall–Kier alpha value is -3.48. The number of halogens is 1. The number of carbonyl (C=O) groups is 6. The summed E-state index contributed by atoms with van der Waals surface area (Å²) in [7, 11) is 0. The van der Waals surface area contributed by atoms with Crippen LogP contribution in [0, 0.1) is 16.2 Å². The van der Waals surface area contributed by atoms with Gasteiger partial charge >= 0.3 is 35.8 Å². The molecular formula is C18H15BrO12. The van der Waals surface area contributed by atoms with Crippen molar-refractivity contribution in [1.29, 1.82) is 0 Å². The van der Waals surface area contributed by atoms with Crippen LogP contribution < -0.4 is 0 Å². The minimum Gasteiger partial charge on any atom is -0.480 e. The van der Waals surface area contributed by atoms with Gasteiger partial charge in [-0.05, 0) is 30.5 Å². The summed E-state index contributed by atoms with van der Waals surface area (Å²) in [5.74, 6) is -17.3. The Morgan fingerprint density at radius 3 is 1.45 bits per heavy atom. The van der Waals surface area contributed by atoms with Gasteiger partial charge in [-0.25, -0.2) is 0 Å². The number of hydrogen-bond acceptors (Lipinski definition) is 6. The molecule has 1 aromatic rings. The molecule has 0 amide bonds. The average molecular weight is 503 g/mol. The molecular weight excluding hydrogens is 488 g/mol. The van der Waals surface area contributed by atoms with E-state index < -0.39 is 70.8 Å². The van der Waals surface area contributed by atoms with Crippen LogP contribution in [-0.4, -0.2) is 66.5 Å². The van der Waals surface area contributed by atoms with Crippen LogP contribution in [-0.2, 0) is 28.8 Å². The van der Waals surface area contributed by atoms with Gasteiger partial charge in [0.1, 0.15) is 0 Å². The number of benzene rings is 1. The zero-order valence-corrected chi connectivity index (χ0v) is 16.9. The highest BCUT2D eigenvalue weighted by Crippen LogP contribution is 2.66. The Bertz CT molecular complexity index is 953. The molecule has 1 aromatic carbocycles. The molecule has 0 aliphatic heterocycles. The highest BCUT2D eigenvalue weighted by atomic mass is 79.9. The van der Waals surface area contributed by atoms with Crippen LogP contribution in [0.4, 0.5) is 0 Å². The molecule has 2 rings (SSSR count). The Kier molecular flexibility index (Phi) is 5.87. The number of rotatable bonds is 7. The molecule has 0 saturated heterocycles. The van der Waals surface area contributed by atoms with Gasteiger partial charge in [0, 0.05) is 10.4 Å². The summed E-state index contributed by atoms with van der Waals surface area (Å²) in [4.78, 5) is 73.7. The van der Waals surface area contributed by atoms with Gasteiger partial charge in [0.15, 0.2) is 10.8 Å². The fraction of sp³-hybridized carbons (Fsp3) is 0.333. The van der Waals surface area contributed by atoms with Gasteiger partial charge in [-0.2, -0.15) is 0 Å². The first-order chi connectivity index (χ1) is 14.3. The lowest BCUT2D eigenvalue weighted by Crippen LogP contribution is -2.75. The van der Waals surface area contributed by atoms with Crippen molar-refractivity contribution in [2.75, 3.05) is 0 Å². The van der Waals surface area contributed by atoms with E-state index in [1.807, 2.05) is 0 Å². The standard InChI is InChI=1S/C18H15BrO12/c19-8-3-1-7(2-4-8)9-5-6-16(10(20)21,11(22)23)18(14(28)29,15(30)31)17(9,12(24)25)13(26)27/h1-4,9H,5-6H2,(H,20,21)(H,22,23)(H,24,25)(H,26,27)(H,28,29)(H,30,31). The van der Waals surface area contributed by atoms with Crippen molar-refractivity contribution in [3.63, 3.8) is 0 Å². The maximum absolute atomic E-state index is 12.4. The third kappa shape index (κ3) is 2.72. The Balaban J connectivity index is 3.19. The molecule has 0 radical (unpaired) electrons.